The highest BCUT2D eigenvalue weighted by Crippen LogP contribution is 2.35. The lowest BCUT2D eigenvalue weighted by Crippen LogP contribution is -2.62. The minimum atomic E-state index is -0.432. The molecule has 1 saturated carbocycles. The molecule has 4 amide bonds. The minimum absolute atomic E-state index is 0.0664. The van der Waals surface area contributed by atoms with Crippen LogP contribution in [0.2, 0.25) is 0 Å². The van der Waals surface area contributed by atoms with Gasteiger partial charge in [0, 0.05) is 18.5 Å². The van der Waals surface area contributed by atoms with Crippen LogP contribution >= 0.6 is 0 Å². The van der Waals surface area contributed by atoms with Gasteiger partial charge in [0.05, 0.1) is 11.6 Å². The van der Waals surface area contributed by atoms with Crippen LogP contribution in [0.25, 0.3) is 0 Å². The van der Waals surface area contributed by atoms with Crippen molar-refractivity contribution in [1.29, 1.82) is 0 Å². The number of urea groups is 1. The van der Waals surface area contributed by atoms with Crippen LogP contribution in [0, 0.1) is 11.8 Å². The number of imide groups is 1. The monoisotopic (exact) mass is 421 g/mol. The number of fused-ring (bicyclic) bond motifs is 2. The number of ether oxygens (including phenoxy) is 2. The molecular weight excluding hydrogens is 398 g/mol. The van der Waals surface area contributed by atoms with E-state index in [1.54, 1.807) is 24.3 Å². The smallest absolute Gasteiger partial charge is 0.328 e. The highest BCUT2D eigenvalue weighted by Gasteiger charge is 2.45. The molecule has 2 heterocycles. The summed E-state index contributed by atoms with van der Waals surface area (Å²) in [7, 11) is 0. The van der Waals surface area contributed by atoms with Crippen molar-refractivity contribution in [2.24, 2.45) is 11.8 Å². The van der Waals surface area contributed by atoms with Gasteiger partial charge in [0.15, 0.2) is 11.5 Å². The van der Waals surface area contributed by atoms with E-state index in [4.69, 9.17) is 9.47 Å². The zero-order chi connectivity index (χ0) is 21.4. The number of nitrogens with one attached hydrogen (secondary N) is 2. The van der Waals surface area contributed by atoms with Crippen molar-refractivity contribution in [3.63, 3.8) is 0 Å². The number of hydrogen-bond acceptors (Lipinski definition) is 5. The fourth-order valence-corrected chi connectivity index (χ4v) is 4.56. The lowest BCUT2D eigenvalue weighted by molar-refractivity contribution is -0.130. The van der Waals surface area contributed by atoms with Crippen LogP contribution in [-0.2, 0) is 16.1 Å². The molecule has 0 aromatic heterocycles. The van der Waals surface area contributed by atoms with Crippen molar-refractivity contribution in [2.45, 2.75) is 31.8 Å². The molecule has 8 heteroatoms. The molecule has 2 fully saturated rings. The Morgan fingerprint density at radius 3 is 2.71 bits per heavy atom. The Morgan fingerprint density at radius 2 is 1.87 bits per heavy atom. The molecule has 2 aliphatic heterocycles. The number of rotatable bonds is 4. The molecule has 0 spiro atoms. The maximum absolute atomic E-state index is 13.0. The number of carbonyl (C=O) groups excluding carboxylic acids is 3. The molecule has 2 N–H and O–H groups in total. The first-order valence-corrected chi connectivity index (χ1v) is 10.5. The molecule has 2 aromatic rings. The lowest BCUT2D eigenvalue weighted by atomic mass is 9.76. The number of carbonyl (C=O) groups is 3. The van der Waals surface area contributed by atoms with Crippen molar-refractivity contribution in [3.8, 4) is 11.5 Å². The van der Waals surface area contributed by atoms with Crippen LogP contribution in [0.3, 0.4) is 0 Å². The van der Waals surface area contributed by atoms with Gasteiger partial charge < -0.3 is 20.1 Å². The van der Waals surface area contributed by atoms with E-state index in [-0.39, 0.29) is 36.5 Å². The minimum Gasteiger partial charge on any atom is -0.454 e. The van der Waals surface area contributed by atoms with Gasteiger partial charge >= 0.3 is 6.03 Å². The Balaban J connectivity index is 1.20. The first kappa shape index (κ1) is 19.4. The number of nitrogens with zero attached hydrogens (tertiary/aromatic N) is 1. The summed E-state index contributed by atoms with van der Waals surface area (Å²) >= 11 is 0. The SMILES string of the molecule is O=C(NCc1ccc2c(c1)OCO2)C1CCC2C(=O)N(c3ccccc3)C(=O)NC2C1. The summed E-state index contributed by atoms with van der Waals surface area (Å²) in [6, 6.07) is 13.7. The van der Waals surface area contributed by atoms with Gasteiger partial charge in [-0.15, -0.1) is 0 Å². The highest BCUT2D eigenvalue weighted by atomic mass is 16.7. The van der Waals surface area contributed by atoms with E-state index in [0.29, 0.717) is 43.0 Å². The van der Waals surface area contributed by atoms with E-state index in [2.05, 4.69) is 10.6 Å². The average molecular weight is 421 g/mol. The van der Waals surface area contributed by atoms with E-state index >= 15 is 0 Å². The maximum atomic E-state index is 13.0. The van der Waals surface area contributed by atoms with E-state index in [1.165, 1.54) is 4.90 Å². The largest absolute Gasteiger partial charge is 0.454 e. The number of anilines is 1. The van der Waals surface area contributed by atoms with Crippen LogP contribution in [0.4, 0.5) is 10.5 Å². The van der Waals surface area contributed by atoms with Crippen LogP contribution in [0.5, 0.6) is 11.5 Å². The van der Waals surface area contributed by atoms with Crippen molar-refractivity contribution >= 4 is 23.5 Å². The van der Waals surface area contributed by atoms with E-state index in [9.17, 15) is 14.4 Å². The predicted molar refractivity (Wildman–Crippen MR) is 111 cm³/mol. The third-order valence-corrected chi connectivity index (χ3v) is 6.19. The quantitative estimate of drug-likeness (QED) is 0.791. The normalized spacial score (nSPS) is 24.4. The van der Waals surface area contributed by atoms with Gasteiger partial charge in [-0.05, 0) is 49.1 Å². The first-order chi connectivity index (χ1) is 15.1. The van der Waals surface area contributed by atoms with Crippen molar-refractivity contribution in [1.82, 2.24) is 10.6 Å². The second-order valence-corrected chi connectivity index (χ2v) is 8.09. The average Bonchev–Trinajstić information content (AvgIpc) is 3.26. The number of hydrogen-bond donors (Lipinski definition) is 2. The van der Waals surface area contributed by atoms with Crippen LogP contribution in [0.1, 0.15) is 24.8 Å². The topological polar surface area (TPSA) is 97.0 Å². The third kappa shape index (κ3) is 3.69. The van der Waals surface area contributed by atoms with Crippen LogP contribution in [0.15, 0.2) is 48.5 Å². The summed E-state index contributed by atoms with van der Waals surface area (Å²) in [5, 5.41) is 5.91. The summed E-state index contributed by atoms with van der Waals surface area (Å²) in [6.45, 7) is 0.592. The molecule has 3 aliphatic rings. The zero-order valence-electron chi connectivity index (χ0n) is 16.9. The first-order valence-electron chi connectivity index (χ1n) is 10.5. The van der Waals surface area contributed by atoms with E-state index < -0.39 is 6.03 Å². The van der Waals surface area contributed by atoms with Gasteiger partial charge in [-0.2, -0.15) is 0 Å². The molecule has 31 heavy (non-hydrogen) atoms. The maximum Gasteiger partial charge on any atom is 0.328 e. The molecule has 2 aromatic carbocycles. The van der Waals surface area contributed by atoms with Gasteiger partial charge in [-0.3, -0.25) is 9.59 Å². The van der Waals surface area contributed by atoms with Crippen molar-refractivity contribution in [2.75, 3.05) is 11.7 Å². The third-order valence-electron chi connectivity index (χ3n) is 6.19. The summed E-state index contributed by atoms with van der Waals surface area (Å²) in [5.41, 5.74) is 1.48. The second kappa shape index (κ2) is 7.94. The van der Waals surface area contributed by atoms with Gasteiger partial charge in [-0.1, -0.05) is 24.3 Å². The molecule has 0 radical (unpaired) electrons. The summed E-state index contributed by atoms with van der Waals surface area (Å²) in [6.07, 6.45) is 1.63. The van der Waals surface area contributed by atoms with Crippen LogP contribution in [-0.4, -0.2) is 30.7 Å². The fourth-order valence-electron chi connectivity index (χ4n) is 4.56. The van der Waals surface area contributed by atoms with Crippen LogP contribution < -0.4 is 25.0 Å². The van der Waals surface area contributed by atoms with Crippen molar-refractivity contribution < 1.29 is 23.9 Å². The van der Waals surface area contributed by atoms with Gasteiger partial charge in [0.1, 0.15) is 0 Å². The van der Waals surface area contributed by atoms with Gasteiger partial charge in [-0.25, -0.2) is 9.69 Å². The Bertz CT molecular complexity index is 1030. The van der Waals surface area contributed by atoms with Gasteiger partial charge in [0.25, 0.3) is 0 Å². The molecule has 8 nitrogen and oxygen atoms in total. The standard InChI is InChI=1S/C23H23N3O5/c27-21(24-12-14-6-9-19-20(10-14)31-13-30-19)15-7-8-17-18(11-15)25-23(29)26(22(17)28)16-4-2-1-3-5-16/h1-6,9-10,15,17-18H,7-8,11-13H2,(H,24,27)(H,25,29). The molecule has 160 valence electrons. The predicted octanol–water partition coefficient (Wildman–Crippen LogP) is 2.57. The summed E-state index contributed by atoms with van der Waals surface area (Å²) in [4.78, 5) is 39.6. The number of benzene rings is 2. The Kier molecular flexibility index (Phi) is 4.97. The van der Waals surface area contributed by atoms with E-state index in [0.717, 1.165) is 5.56 Å². The fraction of sp³-hybridized carbons (Fsp3) is 0.348. The number of para-hydroxylation sites is 1. The Labute approximate surface area is 179 Å². The Morgan fingerprint density at radius 1 is 1.06 bits per heavy atom. The summed E-state index contributed by atoms with van der Waals surface area (Å²) in [5.74, 6) is 0.569. The molecule has 1 saturated heterocycles. The molecule has 3 atom stereocenters. The number of amides is 4. The summed E-state index contributed by atoms with van der Waals surface area (Å²) < 4.78 is 10.7. The Hall–Kier alpha value is -3.55. The van der Waals surface area contributed by atoms with Crippen molar-refractivity contribution in [3.05, 3.63) is 54.1 Å². The molecule has 0 bridgehead atoms. The molecule has 1 aliphatic carbocycles. The highest BCUT2D eigenvalue weighted by molar-refractivity contribution is 6.17. The molecular formula is C23H23N3O5. The lowest BCUT2D eigenvalue weighted by Gasteiger charge is -2.41. The zero-order valence-corrected chi connectivity index (χ0v) is 16.9. The molecule has 5 rings (SSSR count). The van der Waals surface area contributed by atoms with E-state index in [1.807, 2.05) is 24.3 Å². The van der Waals surface area contributed by atoms with Gasteiger partial charge in [0.2, 0.25) is 18.6 Å². The second-order valence-electron chi connectivity index (χ2n) is 8.09. The molecule has 3 unspecified atom stereocenters.